The number of carbonyl (C=O) groups is 2. The van der Waals surface area contributed by atoms with E-state index >= 15 is 0 Å². The number of aliphatic carboxylic acids is 2. The van der Waals surface area contributed by atoms with Crippen LogP contribution in [0, 0.1) is 0 Å². The number of carboxylic acid groups (broad SMARTS) is 2. The summed E-state index contributed by atoms with van der Waals surface area (Å²) in [5.41, 5.74) is 0.241. The van der Waals surface area contributed by atoms with Crippen molar-refractivity contribution in [3.8, 4) is 0 Å². The average molecular weight is 195 g/mol. The maximum atomic E-state index is 9.60. The van der Waals surface area contributed by atoms with Crippen LogP contribution in [0.3, 0.4) is 0 Å². The van der Waals surface area contributed by atoms with Gasteiger partial charge < -0.3 is 21.2 Å². The Morgan fingerprint density at radius 1 is 1.14 bits per heavy atom. The molecule has 0 aliphatic carbocycles. The van der Waals surface area contributed by atoms with E-state index in [4.69, 9.17) is 5.11 Å². The molecule has 5 nitrogen and oxygen atoms in total. The Morgan fingerprint density at radius 2 is 1.29 bits per heavy atom. The molecular formula is C8H14LiNO4. The standard InChI is InChI=1S/2C4H6O2.Li.H3N/c2*1-3(2)4(5)6;;/h2*1H2,2H3,(H,5,6);;1H3/q;;+1;/p-1. The van der Waals surface area contributed by atoms with Gasteiger partial charge in [-0.15, -0.1) is 0 Å². The molecule has 0 fully saturated rings. The molecule has 0 rings (SSSR count). The third kappa shape index (κ3) is 22.4. The zero-order valence-electron chi connectivity index (χ0n) is 8.79. The van der Waals surface area contributed by atoms with E-state index in [0.29, 0.717) is 0 Å². The second-order valence-corrected chi connectivity index (χ2v) is 2.15. The Labute approximate surface area is 95.3 Å². The largest absolute Gasteiger partial charge is 1.00 e. The summed E-state index contributed by atoms with van der Waals surface area (Å²) >= 11 is 0. The average Bonchev–Trinajstić information content (AvgIpc) is 1.88. The summed E-state index contributed by atoms with van der Waals surface area (Å²) in [6.07, 6.45) is 0. The van der Waals surface area contributed by atoms with E-state index in [1.807, 2.05) is 0 Å². The molecule has 0 radical (unpaired) electrons. The fourth-order valence-electron chi connectivity index (χ4n) is 0. The minimum atomic E-state index is -1.19. The molecule has 0 aliphatic heterocycles. The van der Waals surface area contributed by atoms with Crippen LogP contribution in [-0.4, -0.2) is 17.0 Å². The molecule has 0 heterocycles. The number of carbonyl (C=O) groups excluding carboxylic acids is 1. The van der Waals surface area contributed by atoms with Crippen LogP contribution in [0.4, 0.5) is 0 Å². The first-order chi connectivity index (χ1) is 5.29. The smallest absolute Gasteiger partial charge is 0.545 e. The van der Waals surface area contributed by atoms with Crippen molar-refractivity contribution in [2.45, 2.75) is 13.8 Å². The third-order valence-electron chi connectivity index (χ3n) is 0.714. The number of rotatable bonds is 2. The van der Waals surface area contributed by atoms with E-state index in [2.05, 4.69) is 13.2 Å². The number of hydrogen-bond acceptors (Lipinski definition) is 4. The summed E-state index contributed by atoms with van der Waals surface area (Å²) in [4.78, 5) is 19.1. The Balaban J connectivity index is -0.0000000625. The molecule has 0 unspecified atom stereocenters. The number of hydrogen-bond donors (Lipinski definition) is 2. The Kier molecular flexibility index (Phi) is 19.8. The van der Waals surface area contributed by atoms with Gasteiger partial charge in [-0.2, -0.15) is 0 Å². The molecule has 0 amide bonds. The fourth-order valence-corrected chi connectivity index (χ4v) is 0. The van der Waals surface area contributed by atoms with Gasteiger partial charge in [0, 0.05) is 5.57 Å². The summed E-state index contributed by atoms with van der Waals surface area (Å²) in [5.74, 6) is -2.12. The van der Waals surface area contributed by atoms with Crippen molar-refractivity contribution < 1.29 is 38.7 Å². The van der Waals surface area contributed by atoms with Crippen LogP contribution in [-0.2, 0) is 9.59 Å². The topological polar surface area (TPSA) is 112 Å². The van der Waals surface area contributed by atoms with Gasteiger partial charge in [0.15, 0.2) is 0 Å². The molecule has 4 N–H and O–H groups in total. The molecule has 0 saturated heterocycles. The van der Waals surface area contributed by atoms with E-state index in [1.54, 1.807) is 0 Å². The van der Waals surface area contributed by atoms with Crippen molar-refractivity contribution in [3.05, 3.63) is 24.3 Å². The molecule has 6 heteroatoms. The molecular weight excluding hydrogens is 181 g/mol. The van der Waals surface area contributed by atoms with Crippen LogP contribution >= 0.6 is 0 Å². The third-order valence-corrected chi connectivity index (χ3v) is 0.714. The molecule has 0 bridgehead atoms. The van der Waals surface area contributed by atoms with Crippen molar-refractivity contribution in [1.82, 2.24) is 6.15 Å². The minimum absolute atomic E-state index is 0. The molecule has 0 saturated carbocycles. The monoisotopic (exact) mass is 195 g/mol. The maximum absolute atomic E-state index is 9.60. The summed E-state index contributed by atoms with van der Waals surface area (Å²) < 4.78 is 0. The number of carboxylic acids is 2. The summed E-state index contributed by atoms with van der Waals surface area (Å²) in [7, 11) is 0. The van der Waals surface area contributed by atoms with Crippen molar-refractivity contribution >= 4 is 11.9 Å². The van der Waals surface area contributed by atoms with E-state index in [-0.39, 0.29) is 36.2 Å². The van der Waals surface area contributed by atoms with Gasteiger partial charge in [0.2, 0.25) is 0 Å². The van der Waals surface area contributed by atoms with Gasteiger partial charge in [-0.3, -0.25) is 0 Å². The van der Waals surface area contributed by atoms with Crippen molar-refractivity contribution in [3.63, 3.8) is 0 Å². The van der Waals surface area contributed by atoms with Gasteiger partial charge in [-0.1, -0.05) is 13.2 Å². The Bertz CT molecular complexity index is 177. The second kappa shape index (κ2) is 12.0. The Morgan fingerprint density at radius 3 is 1.29 bits per heavy atom. The molecule has 0 aromatic heterocycles. The predicted molar refractivity (Wildman–Crippen MR) is 47.3 cm³/mol. The molecule has 0 spiro atoms. The Hall–Kier alpha value is -1.02. The van der Waals surface area contributed by atoms with Crippen LogP contribution < -0.4 is 30.1 Å². The van der Waals surface area contributed by atoms with Gasteiger partial charge >= 0.3 is 24.8 Å². The molecule has 14 heavy (non-hydrogen) atoms. The minimum Gasteiger partial charge on any atom is -0.545 e. The van der Waals surface area contributed by atoms with Gasteiger partial charge in [-0.05, 0) is 19.4 Å². The van der Waals surface area contributed by atoms with Gasteiger partial charge in [0.1, 0.15) is 0 Å². The summed E-state index contributed by atoms with van der Waals surface area (Å²) in [6, 6.07) is 0. The fraction of sp³-hybridized carbons (Fsp3) is 0.250. The van der Waals surface area contributed by atoms with Crippen LogP contribution in [0.1, 0.15) is 13.8 Å². The molecule has 0 aliphatic rings. The normalized spacial score (nSPS) is 6.43. The zero-order valence-corrected chi connectivity index (χ0v) is 8.79. The van der Waals surface area contributed by atoms with E-state index in [9.17, 15) is 14.7 Å². The SMILES string of the molecule is C=C(C)C(=O)O.C=C(C)C(=O)[O-].N.[Li+]. The van der Waals surface area contributed by atoms with E-state index in [0.717, 1.165) is 0 Å². The van der Waals surface area contributed by atoms with Crippen LogP contribution in [0.2, 0.25) is 0 Å². The van der Waals surface area contributed by atoms with Crippen LogP contribution in [0.5, 0.6) is 0 Å². The zero-order chi connectivity index (χ0) is 10.3. The van der Waals surface area contributed by atoms with Gasteiger partial charge in [0.25, 0.3) is 0 Å². The van der Waals surface area contributed by atoms with Crippen molar-refractivity contribution in [2.75, 3.05) is 0 Å². The first kappa shape index (κ1) is 23.1. The molecule has 76 valence electrons. The predicted octanol–water partition coefficient (Wildman–Crippen LogP) is -2.87. The molecule has 0 atom stereocenters. The van der Waals surface area contributed by atoms with Crippen LogP contribution in [0.15, 0.2) is 24.3 Å². The second-order valence-electron chi connectivity index (χ2n) is 2.15. The first-order valence-electron chi connectivity index (χ1n) is 3.04. The first-order valence-corrected chi connectivity index (χ1v) is 3.04. The maximum Gasteiger partial charge on any atom is 1.00 e. The molecule has 0 aromatic carbocycles. The van der Waals surface area contributed by atoms with Crippen LogP contribution in [0.25, 0.3) is 0 Å². The summed E-state index contributed by atoms with van der Waals surface area (Å²) in [5, 5.41) is 17.4. The van der Waals surface area contributed by atoms with Crippen molar-refractivity contribution in [2.24, 2.45) is 0 Å². The van der Waals surface area contributed by atoms with Gasteiger partial charge in [-0.25, -0.2) is 4.79 Å². The van der Waals surface area contributed by atoms with Gasteiger partial charge in [0.05, 0.1) is 5.97 Å². The summed E-state index contributed by atoms with van der Waals surface area (Å²) in [6.45, 7) is 9.08. The molecule has 0 aromatic rings. The van der Waals surface area contributed by atoms with E-state index < -0.39 is 11.9 Å². The quantitative estimate of drug-likeness (QED) is 0.363. The van der Waals surface area contributed by atoms with E-state index in [1.165, 1.54) is 13.8 Å². The van der Waals surface area contributed by atoms with Crippen molar-refractivity contribution in [1.29, 1.82) is 0 Å².